The highest BCUT2D eigenvalue weighted by atomic mass is 32.1. The molecule has 1 amide bonds. The van der Waals surface area contributed by atoms with Gasteiger partial charge in [0.2, 0.25) is 12.7 Å². The minimum atomic E-state index is -0.892. The zero-order chi connectivity index (χ0) is 19.8. The SMILES string of the molecule is Cc1nc(N)sc1CN1C(=O)C2(COc3cc4c(cc32)OCO4)c2ccccc21. The van der Waals surface area contributed by atoms with Gasteiger partial charge in [-0.05, 0) is 24.6 Å². The minimum absolute atomic E-state index is 0.0114. The first-order valence-corrected chi connectivity index (χ1v) is 10.1. The fourth-order valence-electron chi connectivity index (χ4n) is 4.46. The van der Waals surface area contributed by atoms with Gasteiger partial charge < -0.3 is 24.8 Å². The molecule has 0 aliphatic carbocycles. The van der Waals surface area contributed by atoms with E-state index in [2.05, 4.69) is 4.98 Å². The summed E-state index contributed by atoms with van der Waals surface area (Å²) < 4.78 is 17.0. The third-order valence-corrected chi connectivity index (χ3v) is 6.83. The Balaban J connectivity index is 1.51. The summed E-state index contributed by atoms with van der Waals surface area (Å²) in [5.41, 5.74) is 8.48. The van der Waals surface area contributed by atoms with Gasteiger partial charge in [-0.1, -0.05) is 18.2 Å². The van der Waals surface area contributed by atoms with E-state index in [9.17, 15) is 4.79 Å². The van der Waals surface area contributed by atoms with Crippen molar-refractivity contribution in [3.8, 4) is 17.2 Å². The lowest BCUT2D eigenvalue weighted by Crippen LogP contribution is -2.42. The molecule has 3 aliphatic heterocycles. The van der Waals surface area contributed by atoms with Gasteiger partial charge in [-0.2, -0.15) is 0 Å². The molecule has 1 spiro atoms. The van der Waals surface area contributed by atoms with E-state index < -0.39 is 5.41 Å². The second kappa shape index (κ2) is 5.64. The average molecular weight is 407 g/mol. The van der Waals surface area contributed by atoms with Crippen LogP contribution in [-0.2, 0) is 16.8 Å². The van der Waals surface area contributed by atoms with Crippen LogP contribution in [0.15, 0.2) is 36.4 Å². The highest BCUT2D eigenvalue weighted by molar-refractivity contribution is 7.15. The molecule has 0 radical (unpaired) electrons. The van der Waals surface area contributed by atoms with Crippen molar-refractivity contribution in [1.82, 2.24) is 4.98 Å². The highest BCUT2D eigenvalue weighted by Crippen LogP contribution is 2.55. The molecule has 0 saturated heterocycles. The van der Waals surface area contributed by atoms with E-state index >= 15 is 0 Å². The summed E-state index contributed by atoms with van der Waals surface area (Å²) in [7, 11) is 0. The lowest BCUT2D eigenvalue weighted by atomic mass is 9.77. The summed E-state index contributed by atoms with van der Waals surface area (Å²) in [5, 5.41) is 0.509. The van der Waals surface area contributed by atoms with E-state index in [0.29, 0.717) is 28.9 Å². The summed E-state index contributed by atoms with van der Waals surface area (Å²) in [6.45, 7) is 2.77. The zero-order valence-electron chi connectivity index (χ0n) is 15.6. The van der Waals surface area contributed by atoms with Crippen molar-refractivity contribution >= 4 is 28.1 Å². The predicted octanol–water partition coefficient (Wildman–Crippen LogP) is 2.99. The van der Waals surface area contributed by atoms with Gasteiger partial charge in [0.15, 0.2) is 16.6 Å². The number of carbonyl (C=O) groups is 1. The van der Waals surface area contributed by atoms with E-state index in [0.717, 1.165) is 27.4 Å². The van der Waals surface area contributed by atoms with Crippen LogP contribution in [-0.4, -0.2) is 24.3 Å². The fourth-order valence-corrected chi connectivity index (χ4v) is 5.28. The van der Waals surface area contributed by atoms with Crippen LogP contribution in [0.2, 0.25) is 0 Å². The highest BCUT2D eigenvalue weighted by Gasteiger charge is 2.57. The summed E-state index contributed by atoms with van der Waals surface area (Å²) in [6.07, 6.45) is 0. The maximum absolute atomic E-state index is 13.9. The molecular formula is C21H17N3O4S. The third kappa shape index (κ3) is 2.12. The number of anilines is 2. The summed E-state index contributed by atoms with van der Waals surface area (Å²) in [6, 6.07) is 11.6. The Morgan fingerprint density at radius 3 is 2.72 bits per heavy atom. The molecule has 0 saturated carbocycles. The number of nitrogens with zero attached hydrogens (tertiary/aromatic N) is 2. The number of para-hydroxylation sites is 1. The normalized spacial score (nSPS) is 20.9. The van der Waals surface area contributed by atoms with E-state index in [1.54, 1.807) is 0 Å². The van der Waals surface area contributed by atoms with Crippen LogP contribution in [0.25, 0.3) is 0 Å². The number of nitrogen functional groups attached to an aromatic ring is 1. The topological polar surface area (TPSA) is 86.9 Å². The average Bonchev–Trinajstić information content (AvgIpc) is 3.44. The molecule has 1 atom stereocenters. The zero-order valence-corrected chi connectivity index (χ0v) is 16.4. The number of nitrogens with two attached hydrogens (primary N) is 1. The molecule has 4 heterocycles. The van der Waals surface area contributed by atoms with Crippen molar-refractivity contribution in [3.63, 3.8) is 0 Å². The molecule has 3 aromatic rings. The lowest BCUT2D eigenvalue weighted by Gasteiger charge is -2.23. The van der Waals surface area contributed by atoms with Gasteiger partial charge in [0.1, 0.15) is 17.8 Å². The standard InChI is InChI=1S/C21H17N3O4S/c1-11-18(29-20(22)23-11)8-24-14-5-3-2-4-12(14)21(19(24)25)9-26-15-7-17-16(6-13(15)21)27-10-28-17/h2-7H,8-10H2,1H3,(H2,22,23). The van der Waals surface area contributed by atoms with Gasteiger partial charge in [-0.3, -0.25) is 4.79 Å². The monoisotopic (exact) mass is 407 g/mol. The Kier molecular flexibility index (Phi) is 3.24. The van der Waals surface area contributed by atoms with Gasteiger partial charge in [0.05, 0.1) is 12.2 Å². The smallest absolute Gasteiger partial charge is 0.246 e. The number of amides is 1. The number of hydrogen-bond donors (Lipinski definition) is 1. The number of fused-ring (bicyclic) bond motifs is 5. The van der Waals surface area contributed by atoms with Crippen molar-refractivity contribution in [2.75, 3.05) is 24.0 Å². The van der Waals surface area contributed by atoms with Crippen LogP contribution in [0.5, 0.6) is 17.2 Å². The summed E-state index contributed by atoms with van der Waals surface area (Å²) in [4.78, 5) is 21.0. The van der Waals surface area contributed by atoms with Gasteiger partial charge in [0.25, 0.3) is 0 Å². The van der Waals surface area contributed by atoms with E-state index in [1.807, 2.05) is 48.2 Å². The van der Waals surface area contributed by atoms with Crippen molar-refractivity contribution in [3.05, 3.63) is 58.1 Å². The Hall–Kier alpha value is -3.26. The van der Waals surface area contributed by atoms with E-state index in [1.165, 1.54) is 11.3 Å². The molecule has 2 aromatic carbocycles. The number of carbonyl (C=O) groups excluding carboxylic acids is 1. The number of thiazole rings is 1. The molecule has 8 heteroatoms. The van der Waals surface area contributed by atoms with Crippen LogP contribution in [0.1, 0.15) is 21.7 Å². The Morgan fingerprint density at radius 1 is 1.14 bits per heavy atom. The predicted molar refractivity (Wildman–Crippen MR) is 108 cm³/mol. The lowest BCUT2D eigenvalue weighted by molar-refractivity contribution is -0.122. The second-order valence-electron chi connectivity index (χ2n) is 7.36. The third-order valence-electron chi connectivity index (χ3n) is 5.85. The molecule has 0 fully saturated rings. The molecule has 7 nitrogen and oxygen atoms in total. The minimum Gasteiger partial charge on any atom is -0.491 e. The van der Waals surface area contributed by atoms with Gasteiger partial charge in [0, 0.05) is 22.2 Å². The van der Waals surface area contributed by atoms with Crippen LogP contribution >= 0.6 is 11.3 Å². The first-order chi connectivity index (χ1) is 14.1. The van der Waals surface area contributed by atoms with E-state index in [-0.39, 0.29) is 19.3 Å². The second-order valence-corrected chi connectivity index (χ2v) is 8.48. The Bertz CT molecular complexity index is 1190. The first-order valence-electron chi connectivity index (χ1n) is 9.28. The Labute approximate surface area is 170 Å². The maximum atomic E-state index is 13.9. The number of hydrogen-bond acceptors (Lipinski definition) is 7. The van der Waals surface area contributed by atoms with Gasteiger partial charge in [-0.15, -0.1) is 11.3 Å². The number of ether oxygens (including phenoxy) is 3. The maximum Gasteiger partial charge on any atom is 0.246 e. The first kappa shape index (κ1) is 16.7. The summed E-state index contributed by atoms with van der Waals surface area (Å²) in [5.74, 6) is 1.94. The van der Waals surface area contributed by atoms with Crippen LogP contribution < -0.4 is 24.8 Å². The van der Waals surface area contributed by atoms with Crippen LogP contribution in [0, 0.1) is 6.92 Å². The Morgan fingerprint density at radius 2 is 1.93 bits per heavy atom. The molecule has 29 heavy (non-hydrogen) atoms. The molecule has 3 aliphatic rings. The molecule has 6 rings (SSSR count). The fraction of sp³-hybridized carbons (Fsp3) is 0.238. The molecule has 146 valence electrons. The van der Waals surface area contributed by atoms with Crippen LogP contribution in [0.3, 0.4) is 0 Å². The van der Waals surface area contributed by atoms with Crippen molar-refractivity contribution in [1.29, 1.82) is 0 Å². The molecule has 1 aromatic heterocycles. The van der Waals surface area contributed by atoms with Crippen molar-refractivity contribution < 1.29 is 19.0 Å². The molecule has 0 bridgehead atoms. The molecular weight excluding hydrogens is 390 g/mol. The van der Waals surface area contributed by atoms with Gasteiger partial charge in [-0.25, -0.2) is 4.98 Å². The molecule has 2 N–H and O–H groups in total. The van der Waals surface area contributed by atoms with Gasteiger partial charge >= 0.3 is 0 Å². The number of aromatic nitrogens is 1. The summed E-state index contributed by atoms with van der Waals surface area (Å²) >= 11 is 1.42. The quantitative estimate of drug-likeness (QED) is 0.703. The number of benzene rings is 2. The van der Waals surface area contributed by atoms with Crippen molar-refractivity contribution in [2.24, 2.45) is 0 Å². The largest absolute Gasteiger partial charge is 0.491 e. The van der Waals surface area contributed by atoms with Crippen LogP contribution in [0.4, 0.5) is 10.8 Å². The van der Waals surface area contributed by atoms with E-state index in [4.69, 9.17) is 19.9 Å². The molecule has 1 unspecified atom stereocenters. The van der Waals surface area contributed by atoms with Crippen molar-refractivity contribution in [2.45, 2.75) is 18.9 Å². The number of rotatable bonds is 2. The number of aryl methyl sites for hydroxylation is 1.